The van der Waals surface area contributed by atoms with Crippen molar-refractivity contribution in [1.82, 2.24) is 24.4 Å². The molecule has 2 aromatic carbocycles. The van der Waals surface area contributed by atoms with E-state index >= 15 is 0 Å². The maximum atomic E-state index is 12.2. The van der Waals surface area contributed by atoms with Crippen LogP contribution in [0, 0.1) is 6.92 Å². The van der Waals surface area contributed by atoms with Crippen molar-refractivity contribution >= 4 is 39.3 Å². The van der Waals surface area contributed by atoms with Crippen molar-refractivity contribution in [3.8, 4) is 23.0 Å². The molecule has 11 heteroatoms. The van der Waals surface area contributed by atoms with E-state index in [1.165, 1.54) is 0 Å². The number of amides is 2. The number of hydrogen-bond donors (Lipinski definition) is 3. The van der Waals surface area contributed by atoms with Crippen LogP contribution in [0.25, 0.3) is 28.2 Å². The zero-order chi connectivity index (χ0) is 25.8. The van der Waals surface area contributed by atoms with Gasteiger partial charge < -0.3 is 26.1 Å². The average molecular weight is 554 g/mol. The lowest BCUT2D eigenvalue weighted by atomic mass is 10.1. The summed E-state index contributed by atoms with van der Waals surface area (Å²) in [6.07, 6.45) is 3.98. The first-order valence-corrected chi connectivity index (χ1v) is 12.2. The normalized spacial score (nSPS) is 14.3. The standard InChI is InChI=1S/C24H25BrN6O2.CH3NO/c1-14-6-7-15(25)12-18(14)31-13-27-21(23(26)32)22(31)24-28-17-4-3-5-19(20(17)29-24)33-16-8-10-30(2)11-9-16;2-1-3/h3-7,12-13,16H,8-11H2,1-2H3,(H2,26,32)(H,28,29);1H,(H2,2,3). The van der Waals surface area contributed by atoms with Gasteiger partial charge in [0.1, 0.15) is 29.4 Å². The van der Waals surface area contributed by atoms with Gasteiger partial charge in [0.15, 0.2) is 11.5 Å². The number of nitrogens with one attached hydrogen (secondary N) is 1. The van der Waals surface area contributed by atoms with Gasteiger partial charge in [-0.25, -0.2) is 9.97 Å². The van der Waals surface area contributed by atoms with E-state index in [9.17, 15) is 4.79 Å². The maximum absolute atomic E-state index is 12.2. The molecule has 0 saturated carbocycles. The predicted octanol–water partition coefficient (Wildman–Crippen LogP) is 3.16. The summed E-state index contributed by atoms with van der Waals surface area (Å²) in [5.41, 5.74) is 14.0. The Morgan fingerprint density at radius 1 is 1.25 bits per heavy atom. The molecule has 0 radical (unpaired) electrons. The number of ether oxygens (including phenoxy) is 1. The van der Waals surface area contributed by atoms with Crippen molar-refractivity contribution < 1.29 is 14.3 Å². The highest BCUT2D eigenvalue weighted by atomic mass is 79.9. The zero-order valence-corrected chi connectivity index (χ0v) is 21.7. The van der Waals surface area contributed by atoms with E-state index in [4.69, 9.17) is 20.2 Å². The van der Waals surface area contributed by atoms with Gasteiger partial charge in [-0.2, -0.15) is 0 Å². The lowest BCUT2D eigenvalue weighted by Gasteiger charge is -2.29. The lowest BCUT2D eigenvalue weighted by Crippen LogP contribution is -2.35. The number of carbonyl (C=O) groups is 2. The number of aromatic amines is 1. The number of aryl methyl sites for hydroxylation is 1. The summed E-state index contributed by atoms with van der Waals surface area (Å²) in [4.78, 5) is 35.6. The van der Waals surface area contributed by atoms with E-state index in [-0.39, 0.29) is 18.2 Å². The highest BCUT2D eigenvalue weighted by Gasteiger charge is 2.24. The molecule has 5 rings (SSSR count). The number of halogens is 1. The molecule has 188 valence electrons. The van der Waals surface area contributed by atoms with Crippen molar-refractivity contribution in [2.75, 3.05) is 20.1 Å². The molecule has 2 amide bonds. The molecule has 36 heavy (non-hydrogen) atoms. The number of nitrogens with two attached hydrogens (primary N) is 2. The summed E-state index contributed by atoms with van der Waals surface area (Å²) >= 11 is 3.53. The quantitative estimate of drug-likeness (QED) is 0.323. The Hall–Kier alpha value is -3.70. The second-order valence-electron chi connectivity index (χ2n) is 8.60. The Morgan fingerprint density at radius 3 is 2.67 bits per heavy atom. The van der Waals surface area contributed by atoms with Crippen LogP contribution in [0.1, 0.15) is 28.9 Å². The third-order valence-corrected chi connectivity index (χ3v) is 6.59. The number of nitrogens with zero attached hydrogens (tertiary/aromatic N) is 4. The second-order valence-corrected chi connectivity index (χ2v) is 9.51. The highest BCUT2D eigenvalue weighted by Crippen LogP contribution is 2.32. The van der Waals surface area contributed by atoms with Gasteiger partial charge in [-0.15, -0.1) is 0 Å². The molecule has 5 N–H and O–H groups in total. The minimum absolute atomic E-state index is 0.159. The van der Waals surface area contributed by atoms with E-state index in [1.54, 1.807) is 6.33 Å². The number of carbonyl (C=O) groups excluding carboxylic acids is 2. The first-order valence-electron chi connectivity index (χ1n) is 11.5. The Bertz CT molecular complexity index is 1390. The fourth-order valence-corrected chi connectivity index (χ4v) is 4.63. The molecule has 10 nitrogen and oxygen atoms in total. The third kappa shape index (κ3) is 5.26. The molecule has 1 aliphatic rings. The number of hydrogen-bond acceptors (Lipinski definition) is 6. The number of H-pyrrole nitrogens is 1. The summed E-state index contributed by atoms with van der Waals surface area (Å²) in [5, 5.41) is 0. The number of benzene rings is 2. The summed E-state index contributed by atoms with van der Waals surface area (Å²) in [7, 11) is 2.13. The molecule has 0 aliphatic carbocycles. The SMILES string of the molecule is Cc1ccc(Br)cc1-n1cnc(C(N)=O)c1-c1nc2cccc(OC3CCN(C)CC3)c2[nH]1.NC=O. The number of fused-ring (bicyclic) bond motifs is 1. The van der Waals surface area contributed by atoms with E-state index in [0.29, 0.717) is 11.5 Å². The number of rotatable bonds is 5. The number of primary amides is 2. The molecular formula is C25H28BrN7O3. The van der Waals surface area contributed by atoms with Crippen LogP contribution in [-0.2, 0) is 4.79 Å². The topological polar surface area (TPSA) is 145 Å². The van der Waals surface area contributed by atoms with Crippen LogP contribution in [0.15, 0.2) is 47.2 Å². The zero-order valence-electron chi connectivity index (χ0n) is 20.1. The summed E-state index contributed by atoms with van der Waals surface area (Å²) in [5.74, 6) is 0.654. The second kappa shape index (κ2) is 10.9. The number of piperidine rings is 1. The van der Waals surface area contributed by atoms with Gasteiger partial charge in [-0.3, -0.25) is 14.2 Å². The van der Waals surface area contributed by atoms with Crippen LogP contribution >= 0.6 is 15.9 Å². The van der Waals surface area contributed by atoms with Gasteiger partial charge in [0.05, 0.1) is 11.2 Å². The fourth-order valence-electron chi connectivity index (χ4n) is 4.28. The first-order chi connectivity index (χ1) is 17.3. The van der Waals surface area contributed by atoms with Crippen LogP contribution in [0.4, 0.5) is 0 Å². The number of aromatic nitrogens is 4. The number of para-hydroxylation sites is 1. The molecule has 2 aromatic heterocycles. The minimum Gasteiger partial charge on any atom is -0.488 e. The Morgan fingerprint density at radius 2 is 1.97 bits per heavy atom. The van der Waals surface area contributed by atoms with E-state index in [0.717, 1.165) is 58.4 Å². The van der Waals surface area contributed by atoms with Crippen molar-refractivity contribution in [1.29, 1.82) is 0 Å². The molecule has 1 saturated heterocycles. The van der Waals surface area contributed by atoms with E-state index in [1.807, 2.05) is 47.9 Å². The molecule has 1 fully saturated rings. The largest absolute Gasteiger partial charge is 0.488 e. The average Bonchev–Trinajstić information content (AvgIpc) is 3.47. The monoisotopic (exact) mass is 553 g/mol. The Labute approximate surface area is 216 Å². The highest BCUT2D eigenvalue weighted by molar-refractivity contribution is 9.10. The summed E-state index contributed by atoms with van der Waals surface area (Å²) < 4.78 is 9.12. The van der Waals surface area contributed by atoms with Gasteiger partial charge in [0.25, 0.3) is 5.91 Å². The minimum atomic E-state index is -0.611. The molecule has 0 spiro atoms. The fraction of sp³-hybridized carbons (Fsp3) is 0.280. The predicted molar refractivity (Wildman–Crippen MR) is 141 cm³/mol. The van der Waals surface area contributed by atoms with Gasteiger partial charge in [-0.1, -0.05) is 28.1 Å². The molecule has 1 aliphatic heterocycles. The van der Waals surface area contributed by atoms with Gasteiger partial charge in [-0.05, 0) is 56.6 Å². The van der Waals surface area contributed by atoms with E-state index < -0.39 is 5.91 Å². The van der Waals surface area contributed by atoms with Crippen LogP contribution in [-0.4, -0.2) is 63.0 Å². The molecule has 3 heterocycles. The van der Waals surface area contributed by atoms with Crippen molar-refractivity contribution in [3.05, 3.63) is 58.5 Å². The lowest BCUT2D eigenvalue weighted by molar-refractivity contribution is -0.106. The van der Waals surface area contributed by atoms with Crippen molar-refractivity contribution in [2.45, 2.75) is 25.9 Å². The van der Waals surface area contributed by atoms with E-state index in [2.05, 4.69) is 43.6 Å². The van der Waals surface area contributed by atoms with Gasteiger partial charge >= 0.3 is 0 Å². The van der Waals surface area contributed by atoms with Crippen LogP contribution in [0.3, 0.4) is 0 Å². The molecule has 0 atom stereocenters. The number of imidazole rings is 2. The smallest absolute Gasteiger partial charge is 0.269 e. The van der Waals surface area contributed by atoms with Crippen molar-refractivity contribution in [3.63, 3.8) is 0 Å². The molecule has 0 bridgehead atoms. The third-order valence-electron chi connectivity index (χ3n) is 6.10. The van der Waals surface area contributed by atoms with Gasteiger partial charge in [0, 0.05) is 17.6 Å². The maximum Gasteiger partial charge on any atom is 0.269 e. The van der Waals surface area contributed by atoms with Crippen molar-refractivity contribution in [2.24, 2.45) is 11.5 Å². The molecular weight excluding hydrogens is 526 g/mol. The van der Waals surface area contributed by atoms with Crippen LogP contribution in [0.5, 0.6) is 5.75 Å². The molecule has 0 unspecified atom stereocenters. The van der Waals surface area contributed by atoms with Gasteiger partial charge in [0.2, 0.25) is 6.41 Å². The van der Waals surface area contributed by atoms with Crippen LogP contribution in [0.2, 0.25) is 0 Å². The Kier molecular flexibility index (Phi) is 7.70. The summed E-state index contributed by atoms with van der Waals surface area (Å²) in [6.45, 7) is 4.03. The van der Waals surface area contributed by atoms with Crippen LogP contribution < -0.4 is 16.2 Å². The molecule has 4 aromatic rings. The Balaban J connectivity index is 0.000000967. The number of likely N-dealkylation sites (tertiary alicyclic amines) is 1. The first kappa shape index (κ1) is 25.4. The summed E-state index contributed by atoms with van der Waals surface area (Å²) in [6, 6.07) is 11.8.